The van der Waals surface area contributed by atoms with E-state index in [0.29, 0.717) is 6.42 Å². The predicted octanol–water partition coefficient (Wildman–Crippen LogP) is -0.173. The molecule has 0 aliphatic carbocycles. The maximum atomic E-state index is 11.5. The van der Waals surface area contributed by atoms with Gasteiger partial charge in [0.05, 0.1) is 5.92 Å². The van der Waals surface area contributed by atoms with Gasteiger partial charge in [0.25, 0.3) is 0 Å². The van der Waals surface area contributed by atoms with Crippen LogP contribution in [0.4, 0.5) is 4.79 Å². The molecule has 0 saturated carbocycles. The Kier molecular flexibility index (Phi) is 6.77. The summed E-state index contributed by atoms with van der Waals surface area (Å²) in [4.78, 5) is 36.1. The molecule has 0 spiro atoms. The minimum absolute atomic E-state index is 0.00663. The quantitative estimate of drug-likeness (QED) is 0.693. The number of nitrogens with zero attached hydrogens (tertiary/aromatic N) is 2. The van der Waals surface area contributed by atoms with Gasteiger partial charge in [-0.25, -0.2) is 4.79 Å². The molecule has 3 amide bonds. The second-order valence-electron chi connectivity index (χ2n) is 4.40. The van der Waals surface area contributed by atoms with Gasteiger partial charge in [-0.3, -0.25) is 9.59 Å². The van der Waals surface area contributed by atoms with E-state index in [1.165, 1.54) is 16.8 Å². The van der Waals surface area contributed by atoms with Gasteiger partial charge in [-0.05, 0) is 6.42 Å². The van der Waals surface area contributed by atoms with Gasteiger partial charge in [0, 0.05) is 27.7 Å². The SMILES string of the molecule is CC(CCNC(=O)N(C)CC(=O)N(C)C)C(=O)O. The van der Waals surface area contributed by atoms with Crippen LogP contribution in [-0.2, 0) is 9.59 Å². The Labute approximate surface area is 107 Å². The van der Waals surface area contributed by atoms with E-state index < -0.39 is 11.9 Å². The summed E-state index contributed by atoms with van der Waals surface area (Å²) in [5.74, 6) is -1.56. The van der Waals surface area contributed by atoms with Crippen LogP contribution >= 0.6 is 0 Å². The minimum Gasteiger partial charge on any atom is -0.481 e. The van der Waals surface area contributed by atoms with Gasteiger partial charge >= 0.3 is 12.0 Å². The molecule has 7 nitrogen and oxygen atoms in total. The third-order valence-corrected chi connectivity index (χ3v) is 2.49. The van der Waals surface area contributed by atoms with Crippen molar-refractivity contribution in [1.82, 2.24) is 15.1 Å². The maximum absolute atomic E-state index is 11.5. The number of hydrogen-bond donors (Lipinski definition) is 2. The first-order chi connectivity index (χ1) is 8.25. The number of rotatable bonds is 6. The molecule has 1 unspecified atom stereocenters. The molecule has 0 heterocycles. The van der Waals surface area contributed by atoms with Gasteiger partial charge in [-0.1, -0.05) is 6.92 Å². The van der Waals surface area contributed by atoms with E-state index in [-0.39, 0.29) is 25.0 Å². The van der Waals surface area contributed by atoms with Gasteiger partial charge in [0.15, 0.2) is 0 Å². The predicted molar refractivity (Wildman–Crippen MR) is 66.1 cm³/mol. The van der Waals surface area contributed by atoms with Crippen molar-refractivity contribution in [3.8, 4) is 0 Å². The number of carboxylic acid groups (broad SMARTS) is 1. The summed E-state index contributed by atoms with van der Waals surface area (Å²) in [7, 11) is 4.74. The molecular weight excluding hydrogens is 238 g/mol. The Morgan fingerprint density at radius 1 is 1.22 bits per heavy atom. The smallest absolute Gasteiger partial charge is 0.317 e. The minimum atomic E-state index is -0.889. The van der Waals surface area contributed by atoms with E-state index in [0.717, 1.165) is 0 Å². The summed E-state index contributed by atoms with van der Waals surface area (Å²) in [6.07, 6.45) is 0.358. The lowest BCUT2D eigenvalue weighted by Crippen LogP contribution is -2.43. The molecule has 18 heavy (non-hydrogen) atoms. The number of carboxylic acids is 1. The summed E-state index contributed by atoms with van der Waals surface area (Å²) >= 11 is 0. The van der Waals surface area contributed by atoms with Crippen molar-refractivity contribution in [2.45, 2.75) is 13.3 Å². The first kappa shape index (κ1) is 16.2. The first-order valence-electron chi connectivity index (χ1n) is 5.67. The largest absolute Gasteiger partial charge is 0.481 e. The third-order valence-electron chi connectivity index (χ3n) is 2.49. The highest BCUT2D eigenvalue weighted by atomic mass is 16.4. The van der Waals surface area contributed by atoms with Crippen molar-refractivity contribution in [1.29, 1.82) is 0 Å². The van der Waals surface area contributed by atoms with Gasteiger partial charge in [0.2, 0.25) is 5.91 Å². The Bertz CT molecular complexity index is 317. The number of urea groups is 1. The van der Waals surface area contributed by atoms with Crippen molar-refractivity contribution in [3.05, 3.63) is 0 Å². The van der Waals surface area contributed by atoms with E-state index in [1.807, 2.05) is 0 Å². The van der Waals surface area contributed by atoms with Crippen LogP contribution in [0.1, 0.15) is 13.3 Å². The number of amides is 3. The number of likely N-dealkylation sites (N-methyl/N-ethyl adjacent to an activating group) is 2. The van der Waals surface area contributed by atoms with Crippen LogP contribution in [0.5, 0.6) is 0 Å². The molecule has 0 fully saturated rings. The van der Waals surface area contributed by atoms with E-state index in [2.05, 4.69) is 5.32 Å². The zero-order valence-electron chi connectivity index (χ0n) is 11.3. The Morgan fingerprint density at radius 2 is 1.78 bits per heavy atom. The Balaban J connectivity index is 3.95. The summed E-state index contributed by atoms with van der Waals surface area (Å²) in [6.45, 7) is 1.84. The van der Waals surface area contributed by atoms with Gasteiger partial charge < -0.3 is 20.2 Å². The van der Waals surface area contributed by atoms with Gasteiger partial charge in [-0.15, -0.1) is 0 Å². The highest BCUT2D eigenvalue weighted by Gasteiger charge is 2.15. The monoisotopic (exact) mass is 259 g/mol. The number of hydrogen-bond acceptors (Lipinski definition) is 3. The van der Waals surface area contributed by atoms with E-state index in [4.69, 9.17) is 5.11 Å². The van der Waals surface area contributed by atoms with Crippen molar-refractivity contribution in [2.75, 3.05) is 34.2 Å². The van der Waals surface area contributed by atoms with E-state index in [1.54, 1.807) is 21.0 Å². The molecule has 0 aromatic carbocycles. The van der Waals surface area contributed by atoms with Crippen molar-refractivity contribution in [2.24, 2.45) is 5.92 Å². The van der Waals surface area contributed by atoms with Crippen molar-refractivity contribution in [3.63, 3.8) is 0 Å². The molecule has 2 N–H and O–H groups in total. The van der Waals surface area contributed by atoms with E-state index >= 15 is 0 Å². The number of carbonyl (C=O) groups is 3. The topological polar surface area (TPSA) is 90.0 Å². The summed E-state index contributed by atoms with van der Waals surface area (Å²) in [6, 6.07) is -0.386. The van der Waals surface area contributed by atoms with E-state index in [9.17, 15) is 14.4 Å². The maximum Gasteiger partial charge on any atom is 0.317 e. The highest BCUT2D eigenvalue weighted by Crippen LogP contribution is 1.99. The fraction of sp³-hybridized carbons (Fsp3) is 0.727. The van der Waals surface area contributed by atoms with Crippen molar-refractivity contribution >= 4 is 17.9 Å². The summed E-state index contributed by atoms with van der Waals surface area (Å²) in [5.41, 5.74) is 0. The molecule has 0 radical (unpaired) electrons. The molecule has 0 rings (SSSR count). The molecule has 1 atom stereocenters. The number of carbonyl (C=O) groups excluding carboxylic acids is 2. The molecule has 0 aliphatic heterocycles. The van der Waals surface area contributed by atoms with Crippen LogP contribution in [0, 0.1) is 5.92 Å². The number of aliphatic carboxylic acids is 1. The van der Waals surface area contributed by atoms with Gasteiger partial charge in [-0.2, -0.15) is 0 Å². The van der Waals surface area contributed by atoms with Crippen LogP contribution in [0.3, 0.4) is 0 Å². The van der Waals surface area contributed by atoms with Crippen LogP contribution in [0.2, 0.25) is 0 Å². The third kappa shape index (κ3) is 6.07. The molecule has 0 aromatic rings. The molecule has 0 saturated heterocycles. The zero-order valence-corrected chi connectivity index (χ0v) is 11.3. The molecular formula is C11H21N3O4. The average Bonchev–Trinajstić information content (AvgIpc) is 2.27. The zero-order chi connectivity index (χ0) is 14.3. The van der Waals surface area contributed by atoms with Crippen LogP contribution < -0.4 is 5.32 Å². The second-order valence-corrected chi connectivity index (χ2v) is 4.40. The molecule has 104 valence electrons. The molecule has 7 heteroatoms. The van der Waals surface area contributed by atoms with Crippen LogP contribution in [0.15, 0.2) is 0 Å². The summed E-state index contributed by atoms with van der Waals surface area (Å²) in [5, 5.41) is 11.2. The molecule has 0 bridgehead atoms. The van der Waals surface area contributed by atoms with Gasteiger partial charge in [0.1, 0.15) is 6.54 Å². The average molecular weight is 259 g/mol. The second kappa shape index (κ2) is 7.52. The van der Waals surface area contributed by atoms with Crippen molar-refractivity contribution < 1.29 is 19.5 Å². The molecule has 0 aromatic heterocycles. The van der Waals surface area contributed by atoms with Crippen LogP contribution in [0.25, 0.3) is 0 Å². The van der Waals surface area contributed by atoms with Crippen LogP contribution in [-0.4, -0.2) is 67.0 Å². The fourth-order valence-corrected chi connectivity index (χ4v) is 1.07. The molecule has 0 aliphatic rings. The Hall–Kier alpha value is -1.79. The lowest BCUT2D eigenvalue weighted by molar-refractivity contribution is -0.141. The summed E-state index contributed by atoms with van der Waals surface area (Å²) < 4.78 is 0. The lowest BCUT2D eigenvalue weighted by Gasteiger charge is -2.20. The number of nitrogens with one attached hydrogen (secondary N) is 1. The standard InChI is InChI=1S/C11H21N3O4/c1-8(10(16)17)5-6-12-11(18)14(4)7-9(15)13(2)3/h8H,5-7H2,1-4H3,(H,12,18)(H,16,17). The highest BCUT2D eigenvalue weighted by molar-refractivity contribution is 5.83. The lowest BCUT2D eigenvalue weighted by atomic mass is 10.1. The fourth-order valence-electron chi connectivity index (χ4n) is 1.07. The first-order valence-corrected chi connectivity index (χ1v) is 5.67. The normalized spacial score (nSPS) is 11.6. The Morgan fingerprint density at radius 3 is 2.22 bits per heavy atom.